The van der Waals surface area contributed by atoms with E-state index in [4.69, 9.17) is 4.74 Å². The standard InChI is InChI=1S/C13H22N2O2S/c1-14-7-10-9-3-2-6-17-13(9)18-12(10)15-11(16)8-4-5-8/h8-10,12-14H,2-7H2,1H3,(H,15,16). The first kappa shape index (κ1) is 12.8. The zero-order valence-corrected chi connectivity index (χ0v) is 11.7. The van der Waals surface area contributed by atoms with Gasteiger partial charge >= 0.3 is 0 Å². The van der Waals surface area contributed by atoms with Gasteiger partial charge in [-0.05, 0) is 32.7 Å². The van der Waals surface area contributed by atoms with E-state index in [0.29, 0.717) is 23.2 Å². The molecule has 0 radical (unpaired) electrons. The van der Waals surface area contributed by atoms with Gasteiger partial charge in [0.2, 0.25) is 5.91 Å². The third-order valence-corrected chi connectivity index (χ3v) is 5.72. The number of ether oxygens (including phenoxy) is 1. The molecule has 0 spiro atoms. The number of thioether (sulfide) groups is 1. The highest BCUT2D eigenvalue weighted by Gasteiger charge is 2.46. The predicted octanol–water partition coefficient (Wildman–Crippen LogP) is 1.17. The summed E-state index contributed by atoms with van der Waals surface area (Å²) in [5, 5.41) is 6.74. The maximum atomic E-state index is 11.9. The second kappa shape index (κ2) is 5.39. The average molecular weight is 270 g/mol. The van der Waals surface area contributed by atoms with E-state index < -0.39 is 0 Å². The fourth-order valence-electron chi connectivity index (χ4n) is 3.04. The summed E-state index contributed by atoms with van der Waals surface area (Å²) < 4.78 is 5.85. The smallest absolute Gasteiger partial charge is 0.223 e. The molecule has 0 aromatic heterocycles. The van der Waals surface area contributed by atoms with Crippen LogP contribution in [0.1, 0.15) is 25.7 Å². The number of hydrogen-bond donors (Lipinski definition) is 2. The maximum Gasteiger partial charge on any atom is 0.223 e. The molecule has 4 nitrogen and oxygen atoms in total. The average Bonchev–Trinajstić information content (AvgIpc) is 3.16. The van der Waals surface area contributed by atoms with E-state index in [1.165, 1.54) is 6.42 Å². The lowest BCUT2D eigenvalue weighted by molar-refractivity contribution is -0.122. The Bertz CT molecular complexity index is 322. The van der Waals surface area contributed by atoms with E-state index in [0.717, 1.165) is 32.4 Å². The zero-order chi connectivity index (χ0) is 12.5. The minimum atomic E-state index is 0.235. The quantitative estimate of drug-likeness (QED) is 0.805. The van der Waals surface area contributed by atoms with Crippen molar-refractivity contribution in [3.63, 3.8) is 0 Å². The Morgan fingerprint density at radius 1 is 1.39 bits per heavy atom. The molecule has 2 aliphatic heterocycles. The van der Waals surface area contributed by atoms with Crippen LogP contribution in [-0.2, 0) is 9.53 Å². The molecular weight excluding hydrogens is 248 g/mol. The largest absolute Gasteiger partial charge is 0.367 e. The number of hydrogen-bond acceptors (Lipinski definition) is 4. The first-order chi connectivity index (χ1) is 8.79. The highest BCUT2D eigenvalue weighted by molar-refractivity contribution is 8.00. The predicted molar refractivity (Wildman–Crippen MR) is 72.1 cm³/mol. The summed E-state index contributed by atoms with van der Waals surface area (Å²) >= 11 is 1.82. The van der Waals surface area contributed by atoms with Gasteiger partial charge in [-0.3, -0.25) is 4.79 Å². The maximum absolute atomic E-state index is 11.9. The Balaban J connectivity index is 1.65. The van der Waals surface area contributed by atoms with Gasteiger partial charge in [-0.15, -0.1) is 11.8 Å². The summed E-state index contributed by atoms with van der Waals surface area (Å²) in [4.78, 5) is 11.9. The fraction of sp³-hybridized carbons (Fsp3) is 0.923. The molecule has 18 heavy (non-hydrogen) atoms. The summed E-state index contributed by atoms with van der Waals surface area (Å²) in [6, 6.07) is 0. The second-order valence-corrected chi connectivity index (χ2v) is 6.85. The van der Waals surface area contributed by atoms with Gasteiger partial charge < -0.3 is 15.4 Å². The van der Waals surface area contributed by atoms with Crippen molar-refractivity contribution in [2.75, 3.05) is 20.2 Å². The molecule has 2 N–H and O–H groups in total. The number of carbonyl (C=O) groups excluding carboxylic acids is 1. The molecule has 3 aliphatic rings. The SMILES string of the molecule is CNCC1C(NC(=O)C2CC2)SC2OCCCC21. The van der Waals surface area contributed by atoms with E-state index in [1.54, 1.807) is 0 Å². The van der Waals surface area contributed by atoms with Crippen LogP contribution in [-0.4, -0.2) is 36.9 Å². The van der Waals surface area contributed by atoms with Gasteiger partial charge in [-0.1, -0.05) is 0 Å². The molecule has 0 bridgehead atoms. The Labute approximate surface area is 113 Å². The van der Waals surface area contributed by atoms with Crippen molar-refractivity contribution < 1.29 is 9.53 Å². The monoisotopic (exact) mass is 270 g/mol. The topological polar surface area (TPSA) is 50.4 Å². The molecule has 1 saturated carbocycles. The van der Waals surface area contributed by atoms with Crippen molar-refractivity contribution >= 4 is 17.7 Å². The highest BCUT2D eigenvalue weighted by atomic mass is 32.2. The summed E-state index contributed by atoms with van der Waals surface area (Å²) in [6.07, 6.45) is 4.54. The molecule has 3 fully saturated rings. The van der Waals surface area contributed by atoms with E-state index in [9.17, 15) is 4.79 Å². The van der Waals surface area contributed by atoms with Gasteiger partial charge in [0.25, 0.3) is 0 Å². The Morgan fingerprint density at radius 2 is 2.22 bits per heavy atom. The first-order valence-corrected chi connectivity index (χ1v) is 7.96. The van der Waals surface area contributed by atoms with Crippen LogP contribution in [0.5, 0.6) is 0 Å². The lowest BCUT2D eigenvalue weighted by Gasteiger charge is -2.28. The lowest BCUT2D eigenvalue weighted by Crippen LogP contribution is -2.42. The minimum Gasteiger partial charge on any atom is -0.367 e. The molecule has 1 aliphatic carbocycles. The van der Waals surface area contributed by atoms with E-state index in [1.807, 2.05) is 18.8 Å². The molecule has 4 unspecified atom stereocenters. The molecule has 2 heterocycles. The van der Waals surface area contributed by atoms with Gasteiger partial charge in [-0.2, -0.15) is 0 Å². The van der Waals surface area contributed by atoms with Gasteiger partial charge in [0.1, 0.15) is 5.44 Å². The first-order valence-electron chi connectivity index (χ1n) is 7.01. The van der Waals surface area contributed by atoms with Crippen LogP contribution in [0.3, 0.4) is 0 Å². The van der Waals surface area contributed by atoms with Crippen LogP contribution in [0.25, 0.3) is 0 Å². The number of rotatable bonds is 4. The number of carbonyl (C=O) groups is 1. The van der Waals surface area contributed by atoms with Gasteiger partial charge in [0.05, 0.1) is 5.37 Å². The summed E-state index contributed by atoms with van der Waals surface area (Å²) in [5.41, 5.74) is 0.293. The van der Waals surface area contributed by atoms with Gasteiger partial charge in [-0.25, -0.2) is 0 Å². The van der Waals surface area contributed by atoms with Crippen LogP contribution in [0, 0.1) is 17.8 Å². The van der Waals surface area contributed by atoms with Gasteiger partial charge in [0.15, 0.2) is 0 Å². The van der Waals surface area contributed by atoms with Crippen LogP contribution in [0.15, 0.2) is 0 Å². The number of nitrogens with one attached hydrogen (secondary N) is 2. The number of fused-ring (bicyclic) bond motifs is 1. The third kappa shape index (κ3) is 2.53. The van der Waals surface area contributed by atoms with Crippen LogP contribution in [0.4, 0.5) is 0 Å². The van der Waals surface area contributed by atoms with Crippen LogP contribution >= 0.6 is 11.8 Å². The molecule has 2 saturated heterocycles. The molecule has 4 atom stereocenters. The van der Waals surface area contributed by atoms with E-state index in [2.05, 4.69) is 10.6 Å². The molecule has 0 aromatic rings. The summed E-state index contributed by atoms with van der Waals surface area (Å²) in [6.45, 7) is 1.84. The van der Waals surface area contributed by atoms with E-state index >= 15 is 0 Å². The molecule has 1 amide bonds. The number of amides is 1. The Hall–Kier alpha value is -0.260. The zero-order valence-electron chi connectivity index (χ0n) is 10.9. The lowest BCUT2D eigenvalue weighted by atomic mass is 9.87. The van der Waals surface area contributed by atoms with Crippen LogP contribution < -0.4 is 10.6 Å². The Kier molecular flexibility index (Phi) is 3.82. The molecule has 0 aromatic carbocycles. The van der Waals surface area contributed by atoms with Crippen molar-refractivity contribution in [3.05, 3.63) is 0 Å². The minimum absolute atomic E-state index is 0.235. The summed E-state index contributed by atoms with van der Waals surface area (Å²) in [5.74, 6) is 1.66. The molecular formula is C13H22N2O2S. The normalized spacial score (nSPS) is 39.4. The second-order valence-electron chi connectivity index (χ2n) is 5.61. The van der Waals surface area contributed by atoms with E-state index in [-0.39, 0.29) is 11.3 Å². The van der Waals surface area contributed by atoms with Crippen molar-refractivity contribution in [2.24, 2.45) is 17.8 Å². The molecule has 3 rings (SSSR count). The van der Waals surface area contributed by atoms with Crippen molar-refractivity contribution in [1.82, 2.24) is 10.6 Å². The Morgan fingerprint density at radius 3 is 2.94 bits per heavy atom. The van der Waals surface area contributed by atoms with Crippen molar-refractivity contribution in [1.29, 1.82) is 0 Å². The summed E-state index contributed by atoms with van der Waals surface area (Å²) in [7, 11) is 1.99. The van der Waals surface area contributed by atoms with Crippen LogP contribution in [0.2, 0.25) is 0 Å². The van der Waals surface area contributed by atoms with Crippen molar-refractivity contribution in [3.8, 4) is 0 Å². The van der Waals surface area contributed by atoms with Gasteiger partial charge in [0, 0.05) is 30.9 Å². The fourth-order valence-corrected chi connectivity index (χ4v) is 4.73. The third-order valence-electron chi connectivity index (χ3n) is 4.21. The molecule has 102 valence electrons. The van der Waals surface area contributed by atoms with Crippen molar-refractivity contribution in [2.45, 2.75) is 36.5 Å². The molecule has 5 heteroatoms. The highest BCUT2D eigenvalue weighted by Crippen LogP contribution is 2.46.